The Bertz CT molecular complexity index is 635. The molecule has 5 heteroatoms. The summed E-state index contributed by atoms with van der Waals surface area (Å²) in [4.78, 5) is 1.28. The van der Waals surface area contributed by atoms with Crippen LogP contribution in [0.25, 0.3) is 5.70 Å². The normalized spacial score (nSPS) is 14.3. The minimum atomic E-state index is -2.57. The fourth-order valence-corrected chi connectivity index (χ4v) is 2.18. The van der Waals surface area contributed by atoms with Gasteiger partial charge in [0.05, 0.1) is 17.8 Å². The lowest BCUT2D eigenvalue weighted by atomic mass is 10.0. The number of alkyl halides is 2. The number of benzene rings is 1. The van der Waals surface area contributed by atoms with Crippen LogP contribution in [-0.4, -0.2) is 24.5 Å². The van der Waals surface area contributed by atoms with Gasteiger partial charge >= 0.3 is 0 Å². The van der Waals surface area contributed by atoms with Gasteiger partial charge in [0, 0.05) is 5.70 Å². The molecule has 1 heterocycles. The molecule has 1 aliphatic heterocycles. The standard InChI is InChI=1S/C17H16F3NO/c1-3-10-22-15-9-5-7-13(18)17(15)14-8-4-6-12(2)21(14)11-16(19)20/h3-9,16H,1-2,10-11H2. The van der Waals surface area contributed by atoms with Crippen LogP contribution in [-0.2, 0) is 0 Å². The van der Waals surface area contributed by atoms with E-state index in [1.165, 1.54) is 23.1 Å². The summed E-state index contributed by atoms with van der Waals surface area (Å²) in [6, 6.07) is 4.35. The van der Waals surface area contributed by atoms with Gasteiger partial charge in [0.25, 0.3) is 6.43 Å². The van der Waals surface area contributed by atoms with Gasteiger partial charge in [-0.1, -0.05) is 31.4 Å². The third kappa shape index (κ3) is 3.42. The number of hydrogen-bond acceptors (Lipinski definition) is 2. The van der Waals surface area contributed by atoms with E-state index in [2.05, 4.69) is 13.2 Å². The first-order chi connectivity index (χ1) is 10.5. The number of halogens is 3. The molecule has 22 heavy (non-hydrogen) atoms. The predicted octanol–water partition coefficient (Wildman–Crippen LogP) is 4.38. The molecule has 2 nitrogen and oxygen atoms in total. The Kier molecular flexibility index (Phi) is 5.09. The van der Waals surface area contributed by atoms with E-state index >= 15 is 0 Å². The molecule has 1 aromatic carbocycles. The molecule has 0 unspecified atom stereocenters. The van der Waals surface area contributed by atoms with Crippen molar-refractivity contribution in [3.63, 3.8) is 0 Å². The molecule has 116 valence electrons. The first-order valence-electron chi connectivity index (χ1n) is 6.70. The minimum Gasteiger partial charge on any atom is -0.489 e. The van der Waals surface area contributed by atoms with Gasteiger partial charge < -0.3 is 9.64 Å². The van der Waals surface area contributed by atoms with Gasteiger partial charge in [-0.2, -0.15) is 0 Å². The molecule has 0 spiro atoms. The second-order valence-electron chi connectivity index (χ2n) is 4.62. The second-order valence-corrected chi connectivity index (χ2v) is 4.62. The molecule has 1 aromatic rings. The molecule has 0 N–H and O–H groups in total. The predicted molar refractivity (Wildman–Crippen MR) is 81.1 cm³/mol. The van der Waals surface area contributed by atoms with Crippen molar-refractivity contribution in [2.24, 2.45) is 0 Å². The lowest BCUT2D eigenvalue weighted by Crippen LogP contribution is -2.28. The van der Waals surface area contributed by atoms with Gasteiger partial charge in [-0.05, 0) is 24.3 Å². The maximum absolute atomic E-state index is 14.3. The second kappa shape index (κ2) is 7.02. The van der Waals surface area contributed by atoms with Crippen LogP contribution in [0.1, 0.15) is 5.56 Å². The van der Waals surface area contributed by atoms with Crippen LogP contribution in [0, 0.1) is 5.82 Å². The van der Waals surface area contributed by atoms with Gasteiger partial charge in [0.2, 0.25) is 0 Å². The van der Waals surface area contributed by atoms with E-state index in [-0.39, 0.29) is 17.9 Å². The van der Waals surface area contributed by atoms with Crippen LogP contribution in [0.15, 0.2) is 61.4 Å². The fraction of sp³-hybridized carbons (Fsp3) is 0.176. The minimum absolute atomic E-state index is 0.135. The molecule has 0 amide bonds. The van der Waals surface area contributed by atoms with Crippen LogP contribution in [0.4, 0.5) is 13.2 Å². The number of hydrogen-bond donors (Lipinski definition) is 0. The number of rotatable bonds is 6. The van der Waals surface area contributed by atoms with Crippen molar-refractivity contribution in [1.29, 1.82) is 0 Å². The Balaban J connectivity index is 2.47. The molecule has 0 bridgehead atoms. The maximum atomic E-state index is 14.3. The molecular formula is C17H16F3NO. The van der Waals surface area contributed by atoms with Crippen LogP contribution in [0.3, 0.4) is 0 Å². The first kappa shape index (κ1) is 15.9. The van der Waals surface area contributed by atoms with Crippen molar-refractivity contribution in [2.45, 2.75) is 6.43 Å². The lowest BCUT2D eigenvalue weighted by Gasteiger charge is -2.30. The Morgan fingerprint density at radius 1 is 1.32 bits per heavy atom. The fourth-order valence-electron chi connectivity index (χ4n) is 2.18. The summed E-state index contributed by atoms with van der Waals surface area (Å²) in [6.45, 7) is 6.89. The lowest BCUT2D eigenvalue weighted by molar-refractivity contribution is 0.123. The maximum Gasteiger partial charge on any atom is 0.256 e. The summed E-state index contributed by atoms with van der Waals surface area (Å²) in [5.41, 5.74) is 0.802. The summed E-state index contributed by atoms with van der Waals surface area (Å²) >= 11 is 0. The summed E-state index contributed by atoms with van der Waals surface area (Å²) < 4.78 is 45.4. The van der Waals surface area contributed by atoms with Gasteiger partial charge in [-0.3, -0.25) is 0 Å². The van der Waals surface area contributed by atoms with Crippen molar-refractivity contribution in [2.75, 3.05) is 13.2 Å². The van der Waals surface area contributed by atoms with Gasteiger partial charge in [0.1, 0.15) is 18.2 Å². The van der Waals surface area contributed by atoms with E-state index < -0.39 is 18.8 Å². The highest BCUT2D eigenvalue weighted by Gasteiger charge is 2.24. The highest BCUT2D eigenvalue weighted by Crippen LogP contribution is 2.35. The summed E-state index contributed by atoms with van der Waals surface area (Å²) in [5.74, 6) is -0.274. The number of allylic oxidation sites excluding steroid dienone is 3. The van der Waals surface area contributed by atoms with E-state index in [0.29, 0.717) is 11.4 Å². The summed E-state index contributed by atoms with van der Waals surface area (Å²) in [5, 5.41) is 0. The van der Waals surface area contributed by atoms with E-state index in [4.69, 9.17) is 4.74 Å². The smallest absolute Gasteiger partial charge is 0.256 e. The Morgan fingerprint density at radius 3 is 2.77 bits per heavy atom. The average Bonchev–Trinajstić information content (AvgIpc) is 2.47. The number of ether oxygens (including phenoxy) is 1. The summed E-state index contributed by atoms with van der Waals surface area (Å²) in [6.07, 6.45) is 3.76. The quantitative estimate of drug-likeness (QED) is 0.723. The van der Waals surface area contributed by atoms with Gasteiger partial charge in [-0.15, -0.1) is 0 Å². The third-order valence-corrected chi connectivity index (χ3v) is 3.09. The SMILES string of the molecule is C=CCOc1cccc(F)c1C1=CC=CC(=C)N1CC(F)F. The molecule has 0 radical (unpaired) electrons. The van der Waals surface area contributed by atoms with Crippen molar-refractivity contribution in [3.8, 4) is 5.75 Å². The average molecular weight is 307 g/mol. The number of nitrogens with zero attached hydrogens (tertiary/aromatic N) is 1. The van der Waals surface area contributed by atoms with Gasteiger partial charge in [0.15, 0.2) is 0 Å². The Hall–Kier alpha value is -2.43. The Labute approximate surface area is 127 Å². The van der Waals surface area contributed by atoms with Crippen molar-refractivity contribution in [1.82, 2.24) is 4.90 Å². The Morgan fingerprint density at radius 2 is 2.09 bits per heavy atom. The van der Waals surface area contributed by atoms with E-state index in [1.807, 2.05) is 0 Å². The van der Waals surface area contributed by atoms with Crippen molar-refractivity contribution in [3.05, 3.63) is 72.7 Å². The van der Waals surface area contributed by atoms with Crippen LogP contribution in [0.2, 0.25) is 0 Å². The molecule has 0 aromatic heterocycles. The first-order valence-corrected chi connectivity index (χ1v) is 6.70. The zero-order valence-corrected chi connectivity index (χ0v) is 11.9. The zero-order valence-electron chi connectivity index (χ0n) is 11.9. The monoisotopic (exact) mass is 307 g/mol. The van der Waals surface area contributed by atoms with E-state index in [9.17, 15) is 13.2 Å². The zero-order chi connectivity index (χ0) is 16.1. The van der Waals surface area contributed by atoms with Crippen LogP contribution >= 0.6 is 0 Å². The van der Waals surface area contributed by atoms with E-state index in [0.717, 1.165) is 0 Å². The molecule has 0 saturated carbocycles. The van der Waals surface area contributed by atoms with Gasteiger partial charge in [-0.25, -0.2) is 13.2 Å². The molecule has 0 atom stereocenters. The molecule has 0 saturated heterocycles. The molecular weight excluding hydrogens is 291 g/mol. The highest BCUT2D eigenvalue weighted by atomic mass is 19.3. The molecule has 0 aliphatic carbocycles. The van der Waals surface area contributed by atoms with Crippen molar-refractivity contribution >= 4 is 5.70 Å². The molecule has 1 aliphatic rings. The summed E-state index contributed by atoms with van der Waals surface area (Å²) in [7, 11) is 0. The highest BCUT2D eigenvalue weighted by molar-refractivity contribution is 5.74. The largest absolute Gasteiger partial charge is 0.489 e. The topological polar surface area (TPSA) is 12.5 Å². The van der Waals surface area contributed by atoms with Crippen LogP contribution < -0.4 is 4.74 Å². The third-order valence-electron chi connectivity index (χ3n) is 3.09. The molecule has 0 fully saturated rings. The van der Waals surface area contributed by atoms with Crippen LogP contribution in [0.5, 0.6) is 5.75 Å². The molecule has 2 rings (SSSR count). The van der Waals surface area contributed by atoms with Crippen molar-refractivity contribution < 1.29 is 17.9 Å². The van der Waals surface area contributed by atoms with E-state index in [1.54, 1.807) is 24.3 Å².